The van der Waals surface area contributed by atoms with Gasteiger partial charge in [0.15, 0.2) is 5.71 Å². The maximum Gasteiger partial charge on any atom is 0.340 e. The Balaban J connectivity index is 1.10. The summed E-state index contributed by atoms with van der Waals surface area (Å²) in [7, 11) is 0. The number of hydrogen-bond donors (Lipinski definition) is 2. The SMILES string of the molecule is CCCCCCCCCCCCc1ccc(NC(=O)c2ccc(N3N=C(C)/C(=N/Nc4ccccc4C(=O)OC4CC(C)CCC4C(C)C)C3=O)cc2)cc1. The molecule has 2 aliphatic rings. The first-order valence-corrected chi connectivity index (χ1v) is 20.7. The highest BCUT2D eigenvalue weighted by molar-refractivity contribution is 6.71. The second kappa shape index (κ2) is 20.8. The molecule has 1 aliphatic heterocycles. The zero-order valence-corrected chi connectivity index (χ0v) is 33.6. The fourth-order valence-corrected chi connectivity index (χ4v) is 7.66. The number of amides is 2. The zero-order chi connectivity index (χ0) is 39.2. The molecule has 3 atom stereocenters. The lowest BCUT2D eigenvalue weighted by atomic mass is 9.75. The van der Waals surface area contributed by atoms with Crippen molar-refractivity contribution in [3.63, 3.8) is 0 Å². The van der Waals surface area contributed by atoms with E-state index < -0.39 is 11.9 Å². The van der Waals surface area contributed by atoms with Crippen LogP contribution in [0.25, 0.3) is 0 Å². The van der Waals surface area contributed by atoms with Crippen LogP contribution in [0.2, 0.25) is 0 Å². The van der Waals surface area contributed by atoms with Gasteiger partial charge in [0.25, 0.3) is 5.91 Å². The molecule has 55 heavy (non-hydrogen) atoms. The average molecular weight is 748 g/mol. The van der Waals surface area contributed by atoms with Crippen LogP contribution in [-0.4, -0.2) is 35.3 Å². The van der Waals surface area contributed by atoms with E-state index in [4.69, 9.17) is 4.74 Å². The van der Waals surface area contributed by atoms with Crippen molar-refractivity contribution in [2.24, 2.45) is 28.0 Å². The van der Waals surface area contributed by atoms with E-state index in [1.165, 1.54) is 74.8 Å². The number of carbonyl (C=O) groups is 3. The van der Waals surface area contributed by atoms with E-state index in [0.29, 0.717) is 46.0 Å². The number of para-hydroxylation sites is 1. The molecule has 9 nitrogen and oxygen atoms in total. The second-order valence-corrected chi connectivity index (χ2v) is 15.8. The topological polar surface area (TPSA) is 112 Å². The van der Waals surface area contributed by atoms with Gasteiger partial charge >= 0.3 is 11.9 Å². The molecule has 1 aliphatic carbocycles. The maximum atomic E-state index is 13.5. The van der Waals surface area contributed by atoms with Gasteiger partial charge in [-0.2, -0.15) is 15.2 Å². The molecule has 0 bridgehead atoms. The highest BCUT2D eigenvalue weighted by atomic mass is 16.5. The van der Waals surface area contributed by atoms with Crippen LogP contribution in [0.5, 0.6) is 0 Å². The lowest BCUT2D eigenvalue weighted by Gasteiger charge is -2.36. The molecule has 0 radical (unpaired) electrons. The van der Waals surface area contributed by atoms with Crippen molar-refractivity contribution in [2.75, 3.05) is 15.8 Å². The van der Waals surface area contributed by atoms with Gasteiger partial charge in [-0.1, -0.05) is 116 Å². The van der Waals surface area contributed by atoms with Gasteiger partial charge in [-0.3, -0.25) is 15.0 Å². The molecule has 0 aromatic heterocycles. The number of hydrogen-bond acceptors (Lipinski definition) is 7. The number of esters is 1. The molecular formula is C46H61N5O4. The number of nitrogens with one attached hydrogen (secondary N) is 2. The van der Waals surface area contributed by atoms with Gasteiger partial charge in [-0.05, 0) is 104 Å². The monoisotopic (exact) mass is 747 g/mol. The molecule has 1 saturated carbocycles. The molecule has 1 heterocycles. The summed E-state index contributed by atoms with van der Waals surface area (Å²) in [5.41, 5.74) is 7.28. The number of hydrazone groups is 2. The summed E-state index contributed by atoms with van der Waals surface area (Å²) in [6.45, 7) is 10.5. The van der Waals surface area contributed by atoms with Gasteiger partial charge in [0.2, 0.25) is 0 Å². The summed E-state index contributed by atoms with van der Waals surface area (Å²) in [5, 5.41) is 13.1. The van der Waals surface area contributed by atoms with Gasteiger partial charge in [0.1, 0.15) is 6.10 Å². The van der Waals surface area contributed by atoms with Crippen molar-refractivity contribution in [3.8, 4) is 0 Å². The molecule has 3 aromatic rings. The van der Waals surface area contributed by atoms with Gasteiger partial charge < -0.3 is 10.1 Å². The first-order chi connectivity index (χ1) is 26.6. The van der Waals surface area contributed by atoms with Gasteiger partial charge in [-0.25, -0.2) is 4.79 Å². The molecule has 2 amide bonds. The fourth-order valence-electron chi connectivity index (χ4n) is 7.66. The predicted molar refractivity (Wildman–Crippen MR) is 225 cm³/mol. The highest BCUT2D eigenvalue weighted by Gasteiger charge is 2.34. The Kier molecular flexibility index (Phi) is 15.6. The van der Waals surface area contributed by atoms with Crippen LogP contribution in [0.15, 0.2) is 83.0 Å². The molecular weight excluding hydrogens is 687 g/mol. The summed E-state index contributed by atoms with van der Waals surface area (Å²) in [5.74, 6) is 0.193. The Morgan fingerprint density at radius 2 is 1.53 bits per heavy atom. The van der Waals surface area contributed by atoms with E-state index in [2.05, 4.69) is 60.8 Å². The van der Waals surface area contributed by atoms with Crippen molar-refractivity contribution in [3.05, 3.63) is 89.5 Å². The van der Waals surface area contributed by atoms with Crippen molar-refractivity contribution < 1.29 is 19.1 Å². The molecule has 3 aromatic carbocycles. The largest absolute Gasteiger partial charge is 0.458 e. The summed E-state index contributed by atoms with van der Waals surface area (Å²) < 4.78 is 6.10. The van der Waals surface area contributed by atoms with E-state index in [9.17, 15) is 14.4 Å². The van der Waals surface area contributed by atoms with Crippen LogP contribution in [0.1, 0.15) is 144 Å². The Morgan fingerprint density at radius 3 is 2.20 bits per heavy atom. The fraction of sp³-hybridized carbons (Fsp3) is 0.500. The summed E-state index contributed by atoms with van der Waals surface area (Å²) in [4.78, 5) is 39.9. The third kappa shape index (κ3) is 11.8. The number of carbonyl (C=O) groups excluding carboxylic acids is 3. The minimum absolute atomic E-state index is 0.127. The van der Waals surface area contributed by atoms with Crippen LogP contribution >= 0.6 is 0 Å². The number of benzene rings is 3. The Bertz CT molecular complexity index is 1780. The Labute approximate surface area is 328 Å². The third-order valence-electron chi connectivity index (χ3n) is 11.0. The van der Waals surface area contributed by atoms with Crippen LogP contribution in [0, 0.1) is 17.8 Å². The summed E-state index contributed by atoms with van der Waals surface area (Å²) >= 11 is 0. The van der Waals surface area contributed by atoms with Crippen LogP contribution < -0.4 is 15.8 Å². The average Bonchev–Trinajstić information content (AvgIpc) is 3.47. The molecule has 0 saturated heterocycles. The van der Waals surface area contributed by atoms with E-state index >= 15 is 0 Å². The molecule has 2 N–H and O–H groups in total. The number of anilines is 3. The number of nitrogens with zero attached hydrogens (tertiary/aromatic N) is 3. The van der Waals surface area contributed by atoms with Crippen molar-refractivity contribution >= 4 is 46.3 Å². The zero-order valence-electron chi connectivity index (χ0n) is 33.6. The smallest absolute Gasteiger partial charge is 0.340 e. The quantitative estimate of drug-likeness (QED) is 0.0720. The minimum atomic E-state index is -0.420. The molecule has 1 fully saturated rings. The first-order valence-electron chi connectivity index (χ1n) is 20.7. The minimum Gasteiger partial charge on any atom is -0.458 e. The second-order valence-electron chi connectivity index (χ2n) is 15.8. The van der Waals surface area contributed by atoms with Crippen LogP contribution in [0.4, 0.5) is 17.1 Å². The summed E-state index contributed by atoms with van der Waals surface area (Å²) in [6.07, 6.45) is 17.2. The molecule has 294 valence electrons. The molecule has 0 spiro atoms. The number of rotatable bonds is 19. The van der Waals surface area contributed by atoms with Crippen molar-refractivity contribution in [1.29, 1.82) is 0 Å². The number of aryl methyl sites for hydroxylation is 1. The van der Waals surface area contributed by atoms with E-state index in [1.54, 1.807) is 55.5 Å². The van der Waals surface area contributed by atoms with Gasteiger partial charge in [-0.15, -0.1) is 0 Å². The Hall–Kier alpha value is -4.79. The lowest BCUT2D eigenvalue weighted by molar-refractivity contribution is -0.112. The Morgan fingerprint density at radius 1 is 0.873 bits per heavy atom. The summed E-state index contributed by atoms with van der Waals surface area (Å²) in [6, 6.07) is 21.8. The van der Waals surface area contributed by atoms with E-state index in [-0.39, 0.29) is 17.7 Å². The van der Waals surface area contributed by atoms with Crippen molar-refractivity contribution in [1.82, 2.24) is 0 Å². The lowest BCUT2D eigenvalue weighted by Crippen LogP contribution is -2.36. The van der Waals surface area contributed by atoms with Gasteiger partial charge in [0, 0.05) is 11.3 Å². The molecule has 9 heteroatoms. The maximum absolute atomic E-state index is 13.5. The first kappa shape index (κ1) is 41.4. The molecule has 3 unspecified atom stereocenters. The normalized spacial score (nSPS) is 19.1. The van der Waals surface area contributed by atoms with E-state index in [0.717, 1.165) is 31.4 Å². The standard InChI is InChI=1S/C46H61N5O4/c1-6-7-8-9-10-11-12-13-14-15-18-35-22-26-37(27-23-35)47-44(52)36-24-28-38(29-25-36)51-45(53)43(34(5)50-51)49-48-41-20-17-16-19-40(41)46(54)55-42-31-33(4)21-30-39(42)32(2)3/h16-17,19-20,22-29,32-33,39,42,48H,6-15,18,21,30-31H2,1-5H3,(H,47,52)/b49-43-. The highest BCUT2D eigenvalue weighted by Crippen LogP contribution is 2.36. The number of unbranched alkanes of at least 4 members (excludes halogenated alkanes) is 9. The van der Waals surface area contributed by atoms with Crippen LogP contribution in [0.3, 0.4) is 0 Å². The van der Waals surface area contributed by atoms with E-state index in [1.807, 2.05) is 12.1 Å². The predicted octanol–water partition coefficient (Wildman–Crippen LogP) is 11.2. The number of ether oxygens (including phenoxy) is 1. The van der Waals surface area contributed by atoms with Crippen molar-refractivity contribution in [2.45, 2.75) is 131 Å². The van der Waals surface area contributed by atoms with Crippen LogP contribution in [-0.2, 0) is 16.0 Å². The van der Waals surface area contributed by atoms with Gasteiger partial charge in [0.05, 0.1) is 22.6 Å². The molecule has 5 rings (SSSR count). The third-order valence-corrected chi connectivity index (χ3v) is 11.0.